The molecule has 3 nitrogen and oxygen atoms in total. The van der Waals surface area contributed by atoms with Gasteiger partial charge in [0.25, 0.3) is 0 Å². The quantitative estimate of drug-likeness (QED) is 0.728. The van der Waals surface area contributed by atoms with Gasteiger partial charge in [0.2, 0.25) is 0 Å². The van der Waals surface area contributed by atoms with Crippen LogP contribution in [0, 0.1) is 0 Å². The lowest BCUT2D eigenvalue weighted by atomic mass is 9.99. The van der Waals surface area contributed by atoms with Crippen molar-refractivity contribution < 1.29 is 0 Å². The molecule has 0 saturated carbocycles. The van der Waals surface area contributed by atoms with E-state index in [1.54, 1.807) is 0 Å². The van der Waals surface area contributed by atoms with Gasteiger partial charge < -0.3 is 10.2 Å². The Balaban J connectivity index is 1.77. The molecule has 0 aromatic heterocycles. The molecule has 2 heterocycles. The summed E-state index contributed by atoms with van der Waals surface area (Å²) in [5.41, 5.74) is 0. The molecule has 0 aromatic carbocycles. The molecule has 0 bridgehead atoms. The van der Waals surface area contributed by atoms with E-state index in [2.05, 4.69) is 29.2 Å². The topological polar surface area (TPSA) is 18.5 Å². The number of nitrogens with zero attached hydrogens (tertiary/aromatic N) is 2. The van der Waals surface area contributed by atoms with Crippen molar-refractivity contribution >= 4 is 0 Å². The Bertz CT molecular complexity index is 179. The van der Waals surface area contributed by atoms with Crippen LogP contribution in [0.3, 0.4) is 0 Å². The molecular formula is C12H25N3. The van der Waals surface area contributed by atoms with Gasteiger partial charge in [-0.1, -0.05) is 0 Å². The van der Waals surface area contributed by atoms with Gasteiger partial charge in [0.1, 0.15) is 0 Å². The monoisotopic (exact) mass is 211 g/mol. The van der Waals surface area contributed by atoms with Crippen LogP contribution >= 0.6 is 0 Å². The lowest BCUT2D eigenvalue weighted by molar-refractivity contribution is 0.0954. The first-order chi connectivity index (χ1) is 7.27. The van der Waals surface area contributed by atoms with Gasteiger partial charge in [-0.15, -0.1) is 0 Å². The summed E-state index contributed by atoms with van der Waals surface area (Å²) in [5.74, 6) is 0. The zero-order chi connectivity index (χ0) is 10.7. The highest BCUT2D eigenvalue weighted by molar-refractivity contribution is 4.84. The Morgan fingerprint density at radius 3 is 2.40 bits per heavy atom. The number of nitrogens with one attached hydrogen (secondary N) is 1. The van der Waals surface area contributed by atoms with E-state index in [1.807, 2.05) is 0 Å². The molecule has 15 heavy (non-hydrogen) atoms. The highest BCUT2D eigenvalue weighted by atomic mass is 15.2. The first-order valence-corrected chi connectivity index (χ1v) is 6.38. The van der Waals surface area contributed by atoms with Gasteiger partial charge in [0, 0.05) is 18.6 Å². The molecule has 0 radical (unpaired) electrons. The third-order valence-electron chi connectivity index (χ3n) is 4.02. The van der Waals surface area contributed by atoms with Gasteiger partial charge >= 0.3 is 0 Å². The molecule has 2 fully saturated rings. The smallest absolute Gasteiger partial charge is 0.0221 e. The minimum Gasteiger partial charge on any atom is -0.315 e. The van der Waals surface area contributed by atoms with E-state index in [9.17, 15) is 0 Å². The molecule has 1 atom stereocenters. The second-order valence-electron chi connectivity index (χ2n) is 5.23. The van der Waals surface area contributed by atoms with E-state index < -0.39 is 0 Å². The van der Waals surface area contributed by atoms with Crippen LogP contribution in [0.2, 0.25) is 0 Å². The predicted octanol–water partition coefficient (Wildman–Crippen LogP) is 0.764. The van der Waals surface area contributed by atoms with Crippen molar-refractivity contribution in [2.75, 3.05) is 40.3 Å². The van der Waals surface area contributed by atoms with E-state index in [0.717, 1.165) is 12.1 Å². The number of rotatable bonds is 2. The maximum atomic E-state index is 3.51. The van der Waals surface area contributed by atoms with E-state index in [4.69, 9.17) is 0 Å². The van der Waals surface area contributed by atoms with Crippen molar-refractivity contribution in [2.24, 2.45) is 0 Å². The standard InChI is InChI=1S/C12H25N3/c1-14(2)11-5-8-15(9-6-11)12-4-3-7-13-10-12/h11-13H,3-10H2,1-2H3. The summed E-state index contributed by atoms with van der Waals surface area (Å²) in [7, 11) is 4.42. The first-order valence-electron chi connectivity index (χ1n) is 6.38. The normalized spacial score (nSPS) is 31.0. The molecule has 0 spiro atoms. The number of hydrogen-bond donors (Lipinski definition) is 1. The minimum atomic E-state index is 0.817. The number of piperidine rings is 2. The average Bonchev–Trinajstić information content (AvgIpc) is 2.30. The fraction of sp³-hybridized carbons (Fsp3) is 1.00. The Morgan fingerprint density at radius 2 is 1.87 bits per heavy atom. The Kier molecular flexibility index (Phi) is 4.00. The summed E-state index contributed by atoms with van der Waals surface area (Å²) in [6.45, 7) is 5.04. The Hall–Kier alpha value is -0.120. The fourth-order valence-electron chi connectivity index (χ4n) is 2.91. The summed E-state index contributed by atoms with van der Waals surface area (Å²) in [4.78, 5) is 5.09. The molecule has 0 aromatic rings. The van der Waals surface area contributed by atoms with Crippen LogP contribution in [0.15, 0.2) is 0 Å². The van der Waals surface area contributed by atoms with Gasteiger partial charge in [-0.05, 0) is 59.4 Å². The largest absolute Gasteiger partial charge is 0.315 e. The highest BCUT2D eigenvalue weighted by Crippen LogP contribution is 2.19. The van der Waals surface area contributed by atoms with Crippen LogP contribution < -0.4 is 5.32 Å². The van der Waals surface area contributed by atoms with Gasteiger partial charge in [0.15, 0.2) is 0 Å². The summed E-state index contributed by atoms with van der Waals surface area (Å²) in [5, 5.41) is 3.51. The summed E-state index contributed by atoms with van der Waals surface area (Å²) < 4.78 is 0. The molecule has 88 valence electrons. The van der Waals surface area contributed by atoms with Crippen LogP contribution in [0.4, 0.5) is 0 Å². The molecule has 3 heteroatoms. The van der Waals surface area contributed by atoms with Crippen LogP contribution in [0.25, 0.3) is 0 Å². The van der Waals surface area contributed by atoms with Gasteiger partial charge in [0.05, 0.1) is 0 Å². The van der Waals surface area contributed by atoms with Crippen LogP contribution in [0.1, 0.15) is 25.7 Å². The van der Waals surface area contributed by atoms with Crippen molar-refractivity contribution in [3.8, 4) is 0 Å². The van der Waals surface area contributed by atoms with E-state index >= 15 is 0 Å². The second-order valence-corrected chi connectivity index (χ2v) is 5.23. The average molecular weight is 211 g/mol. The van der Waals surface area contributed by atoms with Crippen molar-refractivity contribution in [2.45, 2.75) is 37.8 Å². The van der Waals surface area contributed by atoms with Crippen LogP contribution in [-0.4, -0.2) is 62.2 Å². The molecule has 0 aliphatic carbocycles. The van der Waals surface area contributed by atoms with Crippen molar-refractivity contribution in [3.63, 3.8) is 0 Å². The maximum Gasteiger partial charge on any atom is 0.0221 e. The van der Waals surface area contributed by atoms with Crippen molar-refractivity contribution in [3.05, 3.63) is 0 Å². The third-order valence-corrected chi connectivity index (χ3v) is 4.02. The first kappa shape index (κ1) is 11.4. The van der Waals surface area contributed by atoms with Gasteiger partial charge in [-0.2, -0.15) is 0 Å². The molecule has 2 aliphatic rings. The predicted molar refractivity (Wildman–Crippen MR) is 64.2 cm³/mol. The Morgan fingerprint density at radius 1 is 1.13 bits per heavy atom. The van der Waals surface area contributed by atoms with E-state index in [0.29, 0.717) is 0 Å². The molecule has 1 N–H and O–H groups in total. The lowest BCUT2D eigenvalue weighted by Gasteiger charge is -2.41. The van der Waals surface area contributed by atoms with Crippen molar-refractivity contribution in [1.82, 2.24) is 15.1 Å². The van der Waals surface area contributed by atoms with E-state index in [-0.39, 0.29) is 0 Å². The summed E-state index contributed by atoms with van der Waals surface area (Å²) >= 11 is 0. The van der Waals surface area contributed by atoms with Crippen LogP contribution in [-0.2, 0) is 0 Å². The van der Waals surface area contributed by atoms with Gasteiger partial charge in [-0.3, -0.25) is 4.90 Å². The van der Waals surface area contributed by atoms with E-state index in [1.165, 1.54) is 51.9 Å². The summed E-state index contributed by atoms with van der Waals surface area (Å²) in [6.07, 6.45) is 5.46. The molecule has 2 saturated heterocycles. The number of likely N-dealkylation sites (tertiary alicyclic amines) is 1. The van der Waals surface area contributed by atoms with Crippen LogP contribution in [0.5, 0.6) is 0 Å². The molecule has 0 amide bonds. The fourth-order valence-corrected chi connectivity index (χ4v) is 2.91. The zero-order valence-electron chi connectivity index (χ0n) is 10.2. The van der Waals surface area contributed by atoms with Crippen molar-refractivity contribution in [1.29, 1.82) is 0 Å². The minimum absolute atomic E-state index is 0.817. The molecule has 1 unspecified atom stereocenters. The Labute approximate surface area is 93.8 Å². The summed E-state index contributed by atoms with van der Waals surface area (Å²) in [6, 6.07) is 1.64. The molecule has 2 aliphatic heterocycles. The van der Waals surface area contributed by atoms with Gasteiger partial charge in [-0.25, -0.2) is 0 Å². The lowest BCUT2D eigenvalue weighted by Crippen LogP contribution is -2.51. The zero-order valence-corrected chi connectivity index (χ0v) is 10.2. The maximum absolute atomic E-state index is 3.51. The molecular weight excluding hydrogens is 186 g/mol. The molecule has 2 rings (SSSR count). The highest BCUT2D eigenvalue weighted by Gasteiger charge is 2.26. The second kappa shape index (κ2) is 5.28. The number of hydrogen-bond acceptors (Lipinski definition) is 3. The third kappa shape index (κ3) is 2.92. The SMILES string of the molecule is CN(C)C1CCN(C2CCCNC2)CC1.